The van der Waals surface area contributed by atoms with Crippen LogP contribution in [0.2, 0.25) is 5.02 Å². The fourth-order valence-electron chi connectivity index (χ4n) is 2.78. The van der Waals surface area contributed by atoms with E-state index in [0.717, 1.165) is 27.4 Å². The van der Waals surface area contributed by atoms with E-state index >= 15 is 0 Å². The smallest absolute Gasteiger partial charge is 0.231 e. The number of amides is 1. The van der Waals surface area contributed by atoms with Gasteiger partial charge in [0.05, 0.1) is 24.4 Å². The number of hydrogen-bond donors (Lipinski definition) is 1. The molecule has 4 rings (SSSR count). The zero-order valence-corrected chi connectivity index (χ0v) is 16.4. The van der Waals surface area contributed by atoms with Crippen LogP contribution in [0.15, 0.2) is 35.0 Å². The molecule has 0 radical (unpaired) electrons. The monoisotopic (exact) mass is 405 g/mol. The van der Waals surface area contributed by atoms with Gasteiger partial charge in [-0.25, -0.2) is 4.98 Å². The Morgan fingerprint density at radius 3 is 2.92 bits per heavy atom. The van der Waals surface area contributed by atoms with Crippen LogP contribution in [0, 0.1) is 0 Å². The molecule has 5 nitrogen and oxygen atoms in total. The van der Waals surface area contributed by atoms with E-state index in [1.807, 2.05) is 36.7 Å². The zero-order valence-electron chi connectivity index (χ0n) is 14.0. The topological polar surface area (TPSA) is 54.5 Å². The second kappa shape index (κ2) is 7.36. The van der Waals surface area contributed by atoms with Crippen molar-refractivity contribution >= 4 is 51.0 Å². The molecule has 0 fully saturated rings. The molecule has 3 heterocycles. The number of carbonyl (C=O) groups is 1. The van der Waals surface area contributed by atoms with Gasteiger partial charge in [0.15, 0.2) is 5.13 Å². The molecule has 134 valence electrons. The quantitative estimate of drug-likeness (QED) is 0.687. The lowest BCUT2D eigenvalue weighted by molar-refractivity contribution is -0.115. The largest absolute Gasteiger partial charge is 0.356 e. The molecule has 8 heteroatoms. The normalized spacial score (nSPS) is 13.5. The molecule has 0 saturated carbocycles. The number of fused-ring (bicyclic) bond motifs is 1. The van der Waals surface area contributed by atoms with Crippen molar-refractivity contribution in [3.8, 4) is 11.3 Å². The minimum Gasteiger partial charge on any atom is -0.356 e. The number of aromatic nitrogens is 1. The van der Waals surface area contributed by atoms with Crippen molar-refractivity contribution in [1.82, 2.24) is 4.98 Å². The van der Waals surface area contributed by atoms with Crippen molar-refractivity contribution < 1.29 is 9.53 Å². The number of thiophene rings is 1. The predicted molar refractivity (Wildman–Crippen MR) is 107 cm³/mol. The first-order valence-corrected chi connectivity index (χ1v) is 10.1. The van der Waals surface area contributed by atoms with Crippen LogP contribution in [0.3, 0.4) is 0 Å². The number of ether oxygens (including phenoxy) is 1. The summed E-state index contributed by atoms with van der Waals surface area (Å²) in [6, 6.07) is 7.48. The molecule has 2 aromatic heterocycles. The average Bonchev–Trinajstić information content (AvgIpc) is 3.24. The van der Waals surface area contributed by atoms with Gasteiger partial charge in [-0.1, -0.05) is 23.7 Å². The zero-order chi connectivity index (χ0) is 18.1. The summed E-state index contributed by atoms with van der Waals surface area (Å²) in [5.41, 5.74) is 4.06. The second-order valence-corrected chi connectivity index (χ2v) is 8.23. The van der Waals surface area contributed by atoms with E-state index in [4.69, 9.17) is 16.3 Å². The molecule has 0 bridgehead atoms. The number of thiazole rings is 1. The first kappa shape index (κ1) is 17.5. The summed E-state index contributed by atoms with van der Waals surface area (Å²) >= 11 is 8.93. The minimum absolute atomic E-state index is 0.0696. The van der Waals surface area contributed by atoms with Crippen LogP contribution < -0.4 is 10.2 Å². The fraction of sp³-hybridized carbons (Fsp3) is 0.222. The summed E-state index contributed by atoms with van der Waals surface area (Å²) in [6.45, 7) is 1.14. The molecule has 3 aromatic rings. The third-order valence-electron chi connectivity index (χ3n) is 4.11. The van der Waals surface area contributed by atoms with Crippen LogP contribution in [0.25, 0.3) is 11.3 Å². The fourth-order valence-corrected chi connectivity index (χ4v) is 4.74. The van der Waals surface area contributed by atoms with Gasteiger partial charge in [0, 0.05) is 38.8 Å². The van der Waals surface area contributed by atoms with Crippen LogP contribution in [0.4, 0.5) is 10.8 Å². The van der Waals surface area contributed by atoms with E-state index < -0.39 is 0 Å². The van der Waals surface area contributed by atoms with Gasteiger partial charge in [-0.15, -0.1) is 22.7 Å². The van der Waals surface area contributed by atoms with Gasteiger partial charge in [0.25, 0.3) is 0 Å². The van der Waals surface area contributed by atoms with Gasteiger partial charge in [-0.05, 0) is 12.1 Å². The highest BCUT2D eigenvalue weighted by Gasteiger charge is 2.21. The van der Waals surface area contributed by atoms with Crippen LogP contribution in [-0.2, 0) is 22.6 Å². The number of hydrogen-bond acceptors (Lipinski definition) is 6. The Morgan fingerprint density at radius 2 is 2.12 bits per heavy atom. The lowest BCUT2D eigenvalue weighted by atomic mass is 10.1. The molecule has 1 aliphatic rings. The molecule has 1 N–H and O–H groups in total. The SMILES string of the molecule is CN1COCc2c1csc2CC(=O)Nc1nc(-c2ccc(Cl)cc2)cs1. The van der Waals surface area contributed by atoms with E-state index in [9.17, 15) is 4.79 Å². The van der Waals surface area contributed by atoms with Crippen LogP contribution in [-0.4, -0.2) is 24.7 Å². The second-order valence-electron chi connectivity index (χ2n) is 5.97. The molecule has 1 aliphatic heterocycles. The Kier molecular flexibility index (Phi) is 4.95. The molecule has 0 atom stereocenters. The van der Waals surface area contributed by atoms with Crippen molar-refractivity contribution in [2.24, 2.45) is 0 Å². The van der Waals surface area contributed by atoms with Crippen molar-refractivity contribution in [1.29, 1.82) is 0 Å². The first-order chi connectivity index (χ1) is 12.6. The number of carbonyl (C=O) groups excluding carboxylic acids is 1. The van der Waals surface area contributed by atoms with Gasteiger partial charge in [0.1, 0.15) is 6.73 Å². The average molecular weight is 406 g/mol. The van der Waals surface area contributed by atoms with Gasteiger partial charge in [-0.2, -0.15) is 0 Å². The van der Waals surface area contributed by atoms with Crippen molar-refractivity contribution in [3.05, 3.63) is 50.5 Å². The van der Waals surface area contributed by atoms with Crippen LogP contribution in [0.5, 0.6) is 0 Å². The van der Waals surface area contributed by atoms with Crippen molar-refractivity contribution in [3.63, 3.8) is 0 Å². The van der Waals surface area contributed by atoms with E-state index in [2.05, 4.69) is 20.6 Å². The third-order valence-corrected chi connectivity index (χ3v) is 6.14. The van der Waals surface area contributed by atoms with Gasteiger partial charge in [0.2, 0.25) is 5.91 Å². The maximum absolute atomic E-state index is 12.4. The molecule has 26 heavy (non-hydrogen) atoms. The lowest BCUT2D eigenvalue weighted by Gasteiger charge is -2.25. The number of nitrogens with zero attached hydrogens (tertiary/aromatic N) is 2. The predicted octanol–water partition coefficient (Wildman–Crippen LogP) is 4.63. The third kappa shape index (κ3) is 3.61. The number of halogens is 1. The standard InChI is InChI=1S/C18H16ClN3O2S2/c1-22-10-24-7-13-15(22)9-25-16(13)6-17(23)21-18-20-14(8-26-18)11-2-4-12(19)5-3-11/h2-5,8-9H,6-7,10H2,1H3,(H,20,21,23). The van der Waals surface area contributed by atoms with E-state index in [1.165, 1.54) is 11.3 Å². The van der Waals surface area contributed by atoms with Crippen molar-refractivity contribution in [2.45, 2.75) is 13.0 Å². The first-order valence-electron chi connectivity index (χ1n) is 7.99. The summed E-state index contributed by atoms with van der Waals surface area (Å²) in [6.07, 6.45) is 0.326. The molecule has 1 aromatic carbocycles. The lowest BCUT2D eigenvalue weighted by Crippen LogP contribution is -2.26. The Balaban J connectivity index is 1.44. The minimum atomic E-state index is -0.0696. The van der Waals surface area contributed by atoms with Gasteiger partial charge < -0.3 is 15.0 Å². The highest BCUT2D eigenvalue weighted by atomic mass is 35.5. The van der Waals surface area contributed by atoms with Crippen LogP contribution >= 0.6 is 34.3 Å². The molecule has 0 saturated heterocycles. The molecular weight excluding hydrogens is 390 g/mol. The van der Waals surface area contributed by atoms with Gasteiger partial charge in [-0.3, -0.25) is 4.79 Å². The molecule has 0 unspecified atom stereocenters. The summed E-state index contributed by atoms with van der Waals surface area (Å²) in [7, 11) is 1.99. The Hall–Kier alpha value is -1.93. The molecule has 0 aliphatic carbocycles. The van der Waals surface area contributed by atoms with Gasteiger partial charge >= 0.3 is 0 Å². The highest BCUT2D eigenvalue weighted by molar-refractivity contribution is 7.14. The summed E-state index contributed by atoms with van der Waals surface area (Å²) in [5, 5.41) is 8.19. The summed E-state index contributed by atoms with van der Waals surface area (Å²) in [4.78, 5) is 20.0. The molecular formula is C18H16ClN3O2S2. The molecule has 1 amide bonds. The maximum Gasteiger partial charge on any atom is 0.231 e. The Bertz CT molecular complexity index is 936. The Labute approximate surface area is 164 Å². The number of anilines is 2. The van der Waals surface area contributed by atoms with E-state index in [-0.39, 0.29) is 5.91 Å². The summed E-state index contributed by atoms with van der Waals surface area (Å²) < 4.78 is 5.55. The Morgan fingerprint density at radius 1 is 1.31 bits per heavy atom. The maximum atomic E-state index is 12.4. The molecule has 0 spiro atoms. The van der Waals surface area contributed by atoms with Crippen LogP contribution in [0.1, 0.15) is 10.4 Å². The van der Waals surface area contributed by atoms with E-state index in [1.54, 1.807) is 11.3 Å². The summed E-state index contributed by atoms with van der Waals surface area (Å²) in [5.74, 6) is -0.0696. The highest BCUT2D eigenvalue weighted by Crippen LogP contribution is 2.34. The number of benzene rings is 1. The number of rotatable bonds is 4. The van der Waals surface area contributed by atoms with E-state index in [0.29, 0.717) is 29.9 Å². The number of nitrogens with one attached hydrogen (secondary N) is 1. The van der Waals surface area contributed by atoms with Crippen molar-refractivity contribution in [2.75, 3.05) is 24.0 Å².